The van der Waals surface area contributed by atoms with Crippen LogP contribution in [-0.2, 0) is 16.1 Å². The third kappa shape index (κ3) is 4.15. The summed E-state index contributed by atoms with van der Waals surface area (Å²) in [5.74, 6) is 0.256. The molecule has 3 amide bonds. The molecule has 2 aliphatic heterocycles. The van der Waals surface area contributed by atoms with Gasteiger partial charge in [-0.15, -0.1) is 0 Å². The van der Waals surface area contributed by atoms with Crippen molar-refractivity contribution in [3.63, 3.8) is 0 Å². The number of hydrogen-bond acceptors (Lipinski definition) is 4. The number of nitrogens with zero attached hydrogens (tertiary/aromatic N) is 2. The van der Waals surface area contributed by atoms with Crippen molar-refractivity contribution in [2.45, 2.75) is 44.3 Å². The van der Waals surface area contributed by atoms with Crippen LogP contribution in [0.25, 0.3) is 0 Å². The number of hydrogen-bond donors (Lipinski definition) is 2. The molecule has 0 aromatic heterocycles. The van der Waals surface area contributed by atoms with E-state index in [0.29, 0.717) is 38.9 Å². The largest absolute Gasteiger partial charge is 0.497 e. The van der Waals surface area contributed by atoms with E-state index in [1.807, 2.05) is 24.3 Å². The number of methoxy groups -OCH3 is 1. The van der Waals surface area contributed by atoms with Crippen molar-refractivity contribution >= 4 is 17.9 Å². The maximum Gasteiger partial charge on any atom is 0.407 e. The highest BCUT2D eigenvalue weighted by molar-refractivity contribution is 5.92. The topological polar surface area (TPSA) is 99.2 Å². The molecular weight excluding hydrogens is 350 g/mol. The molecule has 0 radical (unpaired) electrons. The molecule has 0 bridgehead atoms. The summed E-state index contributed by atoms with van der Waals surface area (Å²) in [5.41, 5.74) is 0.909. The normalized spacial score (nSPS) is 22.0. The van der Waals surface area contributed by atoms with E-state index in [0.717, 1.165) is 17.7 Å². The number of likely N-dealkylation sites (tertiary alicyclic amines) is 2. The molecule has 1 unspecified atom stereocenters. The number of carbonyl (C=O) groups excluding carboxylic acids is 2. The molecule has 2 N–H and O–H groups in total. The highest BCUT2D eigenvalue weighted by atomic mass is 16.5. The number of benzene rings is 1. The summed E-state index contributed by atoms with van der Waals surface area (Å²) in [6.07, 6.45) is 1.44. The number of carboxylic acid groups (broad SMARTS) is 1. The van der Waals surface area contributed by atoms with Crippen LogP contribution in [0.4, 0.5) is 4.79 Å². The van der Waals surface area contributed by atoms with Crippen LogP contribution < -0.4 is 10.1 Å². The van der Waals surface area contributed by atoms with Gasteiger partial charge in [-0.2, -0.15) is 0 Å². The van der Waals surface area contributed by atoms with Crippen molar-refractivity contribution in [1.29, 1.82) is 0 Å². The lowest BCUT2D eigenvalue weighted by Crippen LogP contribution is -2.52. The van der Waals surface area contributed by atoms with Crippen LogP contribution >= 0.6 is 0 Å². The molecular formula is C19H25N3O5. The Hall–Kier alpha value is -2.77. The maximum atomic E-state index is 12.9. The molecule has 27 heavy (non-hydrogen) atoms. The second-order valence-corrected chi connectivity index (χ2v) is 6.89. The SMILES string of the molecule is COc1cccc(CNC(=O)[C@@H]2CCCN2C(=O)C2CCCN2C(=O)O)c1. The van der Waals surface area contributed by atoms with Crippen molar-refractivity contribution < 1.29 is 24.2 Å². The van der Waals surface area contributed by atoms with Crippen LogP contribution in [0, 0.1) is 0 Å². The van der Waals surface area contributed by atoms with Crippen molar-refractivity contribution in [2.24, 2.45) is 0 Å². The van der Waals surface area contributed by atoms with E-state index in [4.69, 9.17) is 4.74 Å². The van der Waals surface area contributed by atoms with Crippen molar-refractivity contribution in [1.82, 2.24) is 15.1 Å². The van der Waals surface area contributed by atoms with E-state index in [1.165, 1.54) is 4.90 Å². The van der Waals surface area contributed by atoms with Gasteiger partial charge in [0.05, 0.1) is 7.11 Å². The molecule has 0 spiro atoms. The predicted octanol–water partition coefficient (Wildman–Crippen LogP) is 1.44. The fourth-order valence-corrected chi connectivity index (χ4v) is 3.84. The summed E-state index contributed by atoms with van der Waals surface area (Å²) in [4.78, 5) is 39.6. The number of amides is 3. The van der Waals surface area contributed by atoms with Crippen LogP contribution in [0.3, 0.4) is 0 Å². The van der Waals surface area contributed by atoms with Crippen LogP contribution in [0.2, 0.25) is 0 Å². The fourth-order valence-electron chi connectivity index (χ4n) is 3.84. The van der Waals surface area contributed by atoms with Gasteiger partial charge in [0.2, 0.25) is 11.8 Å². The molecule has 1 aromatic rings. The summed E-state index contributed by atoms with van der Waals surface area (Å²) in [5, 5.41) is 12.2. The number of carbonyl (C=O) groups is 3. The predicted molar refractivity (Wildman–Crippen MR) is 97.3 cm³/mol. The Labute approximate surface area is 158 Å². The molecule has 2 saturated heterocycles. The van der Waals surface area contributed by atoms with Crippen LogP contribution in [-0.4, -0.2) is 65.1 Å². The zero-order chi connectivity index (χ0) is 19.4. The second kappa shape index (κ2) is 8.28. The summed E-state index contributed by atoms with van der Waals surface area (Å²) < 4.78 is 5.18. The van der Waals surface area contributed by atoms with Gasteiger partial charge in [-0.05, 0) is 43.4 Å². The summed E-state index contributed by atoms with van der Waals surface area (Å²) in [6.45, 7) is 1.20. The second-order valence-electron chi connectivity index (χ2n) is 6.89. The van der Waals surface area contributed by atoms with Gasteiger partial charge in [-0.3, -0.25) is 14.5 Å². The standard InChI is InChI=1S/C19H25N3O5/c1-27-14-6-2-5-13(11-14)12-20-17(23)15-7-3-9-21(15)18(24)16-8-4-10-22(16)19(25)26/h2,5-6,11,15-16H,3-4,7-10,12H2,1H3,(H,20,23)(H,25,26)/t15-,16?/m0/s1. The molecule has 2 heterocycles. The molecule has 146 valence electrons. The molecule has 0 saturated carbocycles. The lowest BCUT2D eigenvalue weighted by Gasteiger charge is -2.29. The fraction of sp³-hybridized carbons (Fsp3) is 0.526. The molecule has 2 aliphatic rings. The van der Waals surface area contributed by atoms with Gasteiger partial charge in [0.25, 0.3) is 0 Å². The molecule has 8 nitrogen and oxygen atoms in total. The van der Waals surface area contributed by atoms with E-state index in [1.54, 1.807) is 12.0 Å². The Balaban J connectivity index is 1.62. The van der Waals surface area contributed by atoms with E-state index < -0.39 is 18.2 Å². The first-order chi connectivity index (χ1) is 13.0. The highest BCUT2D eigenvalue weighted by Gasteiger charge is 2.42. The molecule has 2 fully saturated rings. The zero-order valence-electron chi connectivity index (χ0n) is 15.4. The van der Waals surface area contributed by atoms with Crippen LogP contribution in [0.15, 0.2) is 24.3 Å². The molecule has 1 aromatic carbocycles. The average molecular weight is 375 g/mol. The third-order valence-electron chi connectivity index (χ3n) is 5.22. The van der Waals surface area contributed by atoms with Gasteiger partial charge in [0.15, 0.2) is 0 Å². The molecule has 0 aliphatic carbocycles. The first-order valence-electron chi connectivity index (χ1n) is 9.22. The summed E-state index contributed by atoms with van der Waals surface area (Å²) in [7, 11) is 1.59. The minimum absolute atomic E-state index is 0.205. The van der Waals surface area contributed by atoms with Crippen molar-refractivity contribution in [3.8, 4) is 5.75 Å². The number of nitrogens with one attached hydrogen (secondary N) is 1. The van der Waals surface area contributed by atoms with Gasteiger partial charge in [0.1, 0.15) is 17.8 Å². The van der Waals surface area contributed by atoms with Crippen LogP contribution in [0.1, 0.15) is 31.2 Å². The number of ether oxygens (including phenoxy) is 1. The minimum atomic E-state index is -1.08. The van der Waals surface area contributed by atoms with Gasteiger partial charge < -0.3 is 20.1 Å². The smallest absolute Gasteiger partial charge is 0.407 e. The zero-order valence-corrected chi connectivity index (χ0v) is 15.4. The number of rotatable bonds is 5. The van der Waals surface area contributed by atoms with E-state index in [-0.39, 0.29) is 11.8 Å². The third-order valence-corrected chi connectivity index (χ3v) is 5.22. The molecule has 8 heteroatoms. The van der Waals surface area contributed by atoms with Gasteiger partial charge in [0, 0.05) is 19.6 Å². The van der Waals surface area contributed by atoms with Crippen molar-refractivity contribution in [2.75, 3.05) is 20.2 Å². The Morgan fingerprint density at radius 3 is 2.56 bits per heavy atom. The molecule has 3 rings (SSSR count). The van der Waals surface area contributed by atoms with E-state index >= 15 is 0 Å². The highest BCUT2D eigenvalue weighted by Crippen LogP contribution is 2.25. The van der Waals surface area contributed by atoms with E-state index in [9.17, 15) is 19.5 Å². The Morgan fingerprint density at radius 2 is 1.85 bits per heavy atom. The van der Waals surface area contributed by atoms with Gasteiger partial charge in [-0.1, -0.05) is 12.1 Å². The molecule has 2 atom stereocenters. The average Bonchev–Trinajstić information content (AvgIpc) is 3.35. The Morgan fingerprint density at radius 1 is 1.15 bits per heavy atom. The lowest BCUT2D eigenvalue weighted by molar-refractivity contribution is -0.141. The van der Waals surface area contributed by atoms with E-state index in [2.05, 4.69) is 5.32 Å². The maximum absolute atomic E-state index is 12.9. The van der Waals surface area contributed by atoms with Crippen molar-refractivity contribution in [3.05, 3.63) is 29.8 Å². The summed E-state index contributed by atoms with van der Waals surface area (Å²) in [6, 6.07) is 6.21. The lowest BCUT2D eigenvalue weighted by atomic mass is 10.1. The monoisotopic (exact) mass is 375 g/mol. The Bertz CT molecular complexity index is 723. The minimum Gasteiger partial charge on any atom is -0.497 e. The van der Waals surface area contributed by atoms with Crippen LogP contribution in [0.5, 0.6) is 5.75 Å². The quantitative estimate of drug-likeness (QED) is 0.811. The van der Waals surface area contributed by atoms with Gasteiger partial charge in [-0.25, -0.2) is 4.79 Å². The first-order valence-corrected chi connectivity index (χ1v) is 9.22. The Kier molecular flexibility index (Phi) is 5.83. The van der Waals surface area contributed by atoms with Gasteiger partial charge >= 0.3 is 6.09 Å². The summed E-state index contributed by atoms with van der Waals surface area (Å²) >= 11 is 0. The first kappa shape index (κ1) is 19.0.